The third-order valence-electron chi connectivity index (χ3n) is 3.65. The van der Waals surface area contributed by atoms with Gasteiger partial charge in [-0.25, -0.2) is 0 Å². The van der Waals surface area contributed by atoms with Crippen molar-refractivity contribution in [1.82, 2.24) is 4.98 Å². The van der Waals surface area contributed by atoms with Gasteiger partial charge in [-0.15, -0.1) is 11.3 Å². The maximum Gasteiger partial charge on any atom is 0.0809 e. The quantitative estimate of drug-likeness (QED) is 0.770. The van der Waals surface area contributed by atoms with Crippen LogP contribution in [0.4, 0.5) is 0 Å². The second-order valence-electron chi connectivity index (χ2n) is 5.37. The van der Waals surface area contributed by atoms with Gasteiger partial charge in [0.15, 0.2) is 0 Å². The number of hydrogen-bond donors (Lipinski definition) is 1. The van der Waals surface area contributed by atoms with E-state index in [4.69, 9.17) is 5.73 Å². The highest BCUT2D eigenvalue weighted by Gasteiger charge is 2.11. The largest absolute Gasteiger partial charge is 0.320 e. The second kappa shape index (κ2) is 5.35. The first-order valence-electron chi connectivity index (χ1n) is 6.84. The van der Waals surface area contributed by atoms with E-state index in [1.807, 2.05) is 12.3 Å². The van der Waals surface area contributed by atoms with Crippen molar-refractivity contribution in [3.63, 3.8) is 0 Å². The minimum Gasteiger partial charge on any atom is -0.320 e. The van der Waals surface area contributed by atoms with Crippen LogP contribution in [0.25, 0.3) is 10.2 Å². The van der Waals surface area contributed by atoms with Crippen molar-refractivity contribution < 1.29 is 0 Å². The zero-order valence-electron chi connectivity index (χ0n) is 11.7. The fourth-order valence-corrected chi connectivity index (χ4v) is 3.10. The Morgan fingerprint density at radius 2 is 1.70 bits per heavy atom. The van der Waals surface area contributed by atoms with Gasteiger partial charge < -0.3 is 5.73 Å². The van der Waals surface area contributed by atoms with E-state index >= 15 is 0 Å². The van der Waals surface area contributed by atoms with E-state index < -0.39 is 0 Å². The average Bonchev–Trinajstić information content (AvgIpc) is 2.94. The minimum atomic E-state index is -0.116. The lowest BCUT2D eigenvalue weighted by Crippen LogP contribution is -2.12. The zero-order valence-corrected chi connectivity index (χ0v) is 12.5. The monoisotopic (exact) mass is 282 g/mol. The molecule has 0 fully saturated rings. The van der Waals surface area contributed by atoms with Gasteiger partial charge in [0, 0.05) is 6.20 Å². The normalized spacial score (nSPS) is 13.0. The van der Waals surface area contributed by atoms with Crippen LogP contribution < -0.4 is 5.73 Å². The Balaban J connectivity index is 1.92. The van der Waals surface area contributed by atoms with Crippen molar-refractivity contribution in [2.45, 2.75) is 25.8 Å². The van der Waals surface area contributed by atoms with Gasteiger partial charge in [-0.05, 0) is 40.1 Å². The van der Waals surface area contributed by atoms with Gasteiger partial charge in [-0.2, -0.15) is 0 Å². The van der Waals surface area contributed by atoms with E-state index in [9.17, 15) is 0 Å². The molecule has 0 amide bonds. The molecular weight excluding hydrogens is 264 g/mol. The van der Waals surface area contributed by atoms with Crippen molar-refractivity contribution in [2.75, 3.05) is 0 Å². The Hall–Kier alpha value is -1.71. The van der Waals surface area contributed by atoms with Gasteiger partial charge in [-0.1, -0.05) is 38.1 Å². The molecule has 0 saturated carbocycles. The maximum absolute atomic E-state index is 6.37. The highest BCUT2D eigenvalue weighted by Crippen LogP contribution is 2.26. The molecule has 2 nitrogen and oxygen atoms in total. The molecule has 1 aromatic carbocycles. The lowest BCUT2D eigenvalue weighted by molar-refractivity contribution is 0.846. The summed E-state index contributed by atoms with van der Waals surface area (Å²) < 4.78 is 1.19. The number of nitrogens with zero attached hydrogens (tertiary/aromatic N) is 1. The van der Waals surface area contributed by atoms with Crippen molar-refractivity contribution in [3.8, 4) is 0 Å². The second-order valence-corrected chi connectivity index (χ2v) is 6.32. The predicted molar refractivity (Wildman–Crippen MR) is 86.2 cm³/mol. The maximum atomic E-state index is 6.37. The first kappa shape index (κ1) is 13.3. The number of aromatic nitrogens is 1. The highest BCUT2D eigenvalue weighted by molar-refractivity contribution is 7.17. The number of rotatable bonds is 3. The van der Waals surface area contributed by atoms with E-state index in [0.717, 1.165) is 16.6 Å². The summed E-state index contributed by atoms with van der Waals surface area (Å²) in [6.45, 7) is 4.40. The molecule has 1 unspecified atom stereocenters. The summed E-state index contributed by atoms with van der Waals surface area (Å²) in [5.41, 5.74) is 10.9. The molecule has 2 heterocycles. The van der Waals surface area contributed by atoms with Crippen LogP contribution in [0.1, 0.15) is 42.5 Å². The summed E-state index contributed by atoms with van der Waals surface area (Å²) in [6, 6.07) is 12.6. The van der Waals surface area contributed by atoms with Crippen LogP contribution in [0.3, 0.4) is 0 Å². The van der Waals surface area contributed by atoms with E-state index in [-0.39, 0.29) is 6.04 Å². The fourth-order valence-electron chi connectivity index (χ4n) is 2.31. The fraction of sp³-hybridized carbons (Fsp3) is 0.235. The van der Waals surface area contributed by atoms with Crippen molar-refractivity contribution in [3.05, 3.63) is 64.7 Å². The molecule has 0 aliphatic rings. The van der Waals surface area contributed by atoms with Crippen LogP contribution in [0.5, 0.6) is 0 Å². The summed E-state index contributed by atoms with van der Waals surface area (Å²) in [5, 5.41) is 2.06. The summed E-state index contributed by atoms with van der Waals surface area (Å²) in [6.07, 6.45) is 1.88. The number of pyridine rings is 1. The number of hydrogen-bond acceptors (Lipinski definition) is 3. The smallest absolute Gasteiger partial charge is 0.0809 e. The summed E-state index contributed by atoms with van der Waals surface area (Å²) in [4.78, 5) is 4.46. The first-order chi connectivity index (χ1) is 9.65. The number of fused-ring (bicyclic) bond motifs is 1. The van der Waals surface area contributed by atoms with Crippen LogP contribution >= 0.6 is 11.3 Å². The Labute approximate surface area is 123 Å². The summed E-state index contributed by atoms with van der Waals surface area (Å²) >= 11 is 1.70. The molecule has 3 rings (SSSR count). The Morgan fingerprint density at radius 3 is 2.40 bits per heavy atom. The van der Waals surface area contributed by atoms with Gasteiger partial charge in [0.05, 0.1) is 16.3 Å². The van der Waals surface area contributed by atoms with Crippen molar-refractivity contribution in [1.29, 1.82) is 0 Å². The van der Waals surface area contributed by atoms with Crippen LogP contribution in [0, 0.1) is 0 Å². The summed E-state index contributed by atoms with van der Waals surface area (Å²) in [5.74, 6) is 0.546. The van der Waals surface area contributed by atoms with Gasteiger partial charge in [0.2, 0.25) is 0 Å². The van der Waals surface area contributed by atoms with Gasteiger partial charge in [-0.3, -0.25) is 4.98 Å². The molecule has 0 aliphatic heterocycles. The molecule has 3 heteroatoms. The predicted octanol–water partition coefficient (Wildman–Crippen LogP) is 4.47. The molecule has 3 aromatic rings. The molecule has 0 bridgehead atoms. The van der Waals surface area contributed by atoms with E-state index in [0.29, 0.717) is 5.92 Å². The standard InChI is InChI=1S/C17H18N2S/c1-11(2)12-3-5-13(6-4-12)17(18)14-9-16-15(19-10-14)7-8-20-16/h3-11,17H,18H2,1-2H3. The molecule has 1 atom stereocenters. The minimum absolute atomic E-state index is 0.116. The van der Waals surface area contributed by atoms with Crippen LogP contribution in [0.2, 0.25) is 0 Å². The molecule has 0 saturated heterocycles. The third-order valence-corrected chi connectivity index (χ3v) is 4.50. The lowest BCUT2D eigenvalue weighted by Gasteiger charge is -2.14. The molecule has 0 spiro atoms. The molecule has 2 aromatic heterocycles. The van der Waals surface area contributed by atoms with Crippen molar-refractivity contribution in [2.24, 2.45) is 5.73 Å². The molecule has 102 valence electrons. The van der Waals surface area contributed by atoms with Gasteiger partial charge >= 0.3 is 0 Å². The molecule has 2 N–H and O–H groups in total. The van der Waals surface area contributed by atoms with Gasteiger partial charge in [0.1, 0.15) is 0 Å². The van der Waals surface area contributed by atoms with Gasteiger partial charge in [0.25, 0.3) is 0 Å². The zero-order chi connectivity index (χ0) is 14.1. The van der Waals surface area contributed by atoms with Crippen LogP contribution in [0.15, 0.2) is 48.0 Å². The molecular formula is C17H18N2S. The van der Waals surface area contributed by atoms with Crippen LogP contribution in [-0.4, -0.2) is 4.98 Å². The Bertz CT molecular complexity index is 713. The van der Waals surface area contributed by atoms with Crippen molar-refractivity contribution >= 4 is 21.6 Å². The molecule has 20 heavy (non-hydrogen) atoms. The van der Waals surface area contributed by atoms with E-state index in [2.05, 4.69) is 54.5 Å². The van der Waals surface area contributed by atoms with E-state index in [1.165, 1.54) is 10.3 Å². The number of nitrogens with two attached hydrogens (primary N) is 1. The SMILES string of the molecule is CC(C)c1ccc(C(N)c2cnc3ccsc3c2)cc1. The van der Waals surface area contributed by atoms with E-state index in [1.54, 1.807) is 11.3 Å². The van der Waals surface area contributed by atoms with Crippen LogP contribution in [-0.2, 0) is 0 Å². The number of thiophene rings is 1. The highest BCUT2D eigenvalue weighted by atomic mass is 32.1. The summed E-state index contributed by atoms with van der Waals surface area (Å²) in [7, 11) is 0. The third kappa shape index (κ3) is 2.47. The first-order valence-corrected chi connectivity index (χ1v) is 7.71. The Kier molecular flexibility index (Phi) is 3.55. The lowest BCUT2D eigenvalue weighted by atomic mass is 9.96. The Morgan fingerprint density at radius 1 is 1.00 bits per heavy atom. The molecule has 0 aliphatic carbocycles. The molecule has 0 radical (unpaired) electrons. The average molecular weight is 282 g/mol. The topological polar surface area (TPSA) is 38.9 Å². The number of benzene rings is 1.